The molecule has 0 spiro atoms. The fourth-order valence-electron chi connectivity index (χ4n) is 6.08. The third-order valence-electron chi connectivity index (χ3n) is 7.97. The Bertz CT molecular complexity index is 1230. The van der Waals surface area contributed by atoms with E-state index in [0.717, 1.165) is 48.3 Å². The molecule has 3 atom stereocenters. The first-order valence-corrected chi connectivity index (χ1v) is 11.7. The number of aryl methyl sites for hydroxylation is 2. The molecule has 1 fully saturated rings. The quantitative estimate of drug-likeness (QED) is 0.473. The maximum atomic E-state index is 14.8. The Morgan fingerprint density at radius 2 is 1.68 bits per heavy atom. The van der Waals surface area contributed by atoms with Crippen LogP contribution in [0.15, 0.2) is 54.6 Å². The van der Waals surface area contributed by atoms with Crippen molar-refractivity contribution in [2.24, 2.45) is 11.8 Å². The number of carboxylic acids is 1. The zero-order valence-electron chi connectivity index (χ0n) is 19.7. The molecule has 0 aromatic heterocycles. The summed E-state index contributed by atoms with van der Waals surface area (Å²) in [5, 5.41) is 9.12. The molecule has 2 aliphatic rings. The van der Waals surface area contributed by atoms with Crippen LogP contribution >= 0.6 is 0 Å². The molecule has 5 heteroatoms. The molecule has 0 aliphatic heterocycles. The second-order valence-electron chi connectivity index (χ2n) is 9.69. The minimum atomic E-state index is -0.921. The Kier molecular flexibility index (Phi) is 5.59. The minimum Gasteiger partial charge on any atom is -0.497 e. The monoisotopic (exact) mass is 460 g/mol. The smallest absolute Gasteiger partial charge is 0.335 e. The fourth-order valence-corrected chi connectivity index (χ4v) is 6.08. The Labute approximate surface area is 199 Å². The lowest BCUT2D eigenvalue weighted by Crippen LogP contribution is -2.13. The van der Waals surface area contributed by atoms with Crippen molar-refractivity contribution in [3.05, 3.63) is 93.8 Å². The van der Waals surface area contributed by atoms with Crippen LogP contribution in [-0.2, 0) is 31.1 Å². The van der Waals surface area contributed by atoms with Gasteiger partial charge in [-0.15, -0.1) is 0 Å². The number of aromatic carboxylic acids is 1. The molecule has 1 N–H and O–H groups in total. The molecular formula is C29H29FO4. The van der Waals surface area contributed by atoms with Crippen LogP contribution in [0.2, 0.25) is 0 Å². The van der Waals surface area contributed by atoms with Crippen LogP contribution in [0.3, 0.4) is 0 Å². The van der Waals surface area contributed by atoms with Crippen molar-refractivity contribution in [3.63, 3.8) is 0 Å². The van der Waals surface area contributed by atoms with Crippen molar-refractivity contribution in [1.82, 2.24) is 0 Å². The number of rotatable bonds is 8. The highest BCUT2D eigenvalue weighted by atomic mass is 19.1. The lowest BCUT2D eigenvalue weighted by Gasteiger charge is -2.20. The predicted octanol–water partition coefficient (Wildman–Crippen LogP) is 5.63. The molecule has 1 saturated carbocycles. The number of methoxy groups -OCH3 is 2. The van der Waals surface area contributed by atoms with E-state index in [1.54, 1.807) is 32.4 Å². The van der Waals surface area contributed by atoms with E-state index >= 15 is 0 Å². The summed E-state index contributed by atoms with van der Waals surface area (Å²) in [5.74, 6) is 1.44. The van der Waals surface area contributed by atoms with Gasteiger partial charge in [-0.25, -0.2) is 9.18 Å². The average molecular weight is 461 g/mol. The van der Waals surface area contributed by atoms with Gasteiger partial charge in [0.25, 0.3) is 0 Å². The summed E-state index contributed by atoms with van der Waals surface area (Å²) in [6, 6.07) is 16.6. The molecule has 2 aliphatic carbocycles. The van der Waals surface area contributed by atoms with Crippen molar-refractivity contribution in [2.45, 2.75) is 38.0 Å². The lowest BCUT2D eigenvalue weighted by molar-refractivity contribution is 0.0697. The topological polar surface area (TPSA) is 55.8 Å². The van der Waals surface area contributed by atoms with E-state index in [1.807, 2.05) is 24.3 Å². The molecule has 5 rings (SSSR count). The fraction of sp³-hybridized carbons (Fsp3) is 0.345. The van der Waals surface area contributed by atoms with Gasteiger partial charge in [0.1, 0.15) is 17.3 Å². The molecule has 3 aromatic rings. The van der Waals surface area contributed by atoms with E-state index < -0.39 is 5.97 Å². The summed E-state index contributed by atoms with van der Waals surface area (Å²) < 4.78 is 25.7. The first-order chi connectivity index (χ1) is 16.3. The van der Waals surface area contributed by atoms with Crippen LogP contribution in [0.1, 0.15) is 45.1 Å². The molecular weight excluding hydrogens is 431 g/mol. The number of benzene rings is 3. The summed E-state index contributed by atoms with van der Waals surface area (Å²) in [5.41, 5.74) is 5.79. The van der Waals surface area contributed by atoms with E-state index in [2.05, 4.69) is 19.1 Å². The van der Waals surface area contributed by atoms with Crippen molar-refractivity contribution >= 4 is 5.97 Å². The summed E-state index contributed by atoms with van der Waals surface area (Å²) in [6.07, 6.45) is 3.28. The highest BCUT2D eigenvalue weighted by Crippen LogP contribution is 2.68. The molecule has 0 heterocycles. The van der Waals surface area contributed by atoms with Gasteiger partial charge in [-0.1, -0.05) is 25.1 Å². The Balaban J connectivity index is 1.38. The van der Waals surface area contributed by atoms with Gasteiger partial charge < -0.3 is 14.6 Å². The van der Waals surface area contributed by atoms with Gasteiger partial charge in [0.2, 0.25) is 0 Å². The number of hydrogen-bond acceptors (Lipinski definition) is 3. The molecule has 0 bridgehead atoms. The highest BCUT2D eigenvalue weighted by Gasteiger charge is 2.66. The van der Waals surface area contributed by atoms with Crippen molar-refractivity contribution in [2.75, 3.05) is 14.2 Å². The van der Waals surface area contributed by atoms with Crippen LogP contribution in [0.4, 0.5) is 4.39 Å². The van der Waals surface area contributed by atoms with E-state index in [9.17, 15) is 9.18 Å². The van der Waals surface area contributed by atoms with Crippen molar-refractivity contribution in [1.29, 1.82) is 0 Å². The third-order valence-corrected chi connectivity index (χ3v) is 7.97. The third kappa shape index (κ3) is 3.73. The van der Waals surface area contributed by atoms with Gasteiger partial charge in [-0.2, -0.15) is 0 Å². The normalized spacial score (nSPS) is 22.1. The van der Waals surface area contributed by atoms with Crippen molar-refractivity contribution in [3.8, 4) is 11.5 Å². The van der Waals surface area contributed by atoms with Crippen LogP contribution in [0.5, 0.6) is 11.5 Å². The van der Waals surface area contributed by atoms with E-state index in [4.69, 9.17) is 14.6 Å². The molecule has 3 unspecified atom stereocenters. The Morgan fingerprint density at radius 1 is 1.00 bits per heavy atom. The average Bonchev–Trinajstić information content (AvgIpc) is 3.23. The first-order valence-electron chi connectivity index (χ1n) is 11.7. The van der Waals surface area contributed by atoms with Gasteiger partial charge in [0.05, 0.1) is 19.8 Å². The van der Waals surface area contributed by atoms with Crippen LogP contribution in [-0.4, -0.2) is 25.3 Å². The standard InChI is InChI=1S/C29H29FO4/c1-29-24(14-18-12-21(33-2)15-22(13-18)34-3)25(29)16-23-26(30)11-10-19(27(23)29)7-4-17-5-8-20(9-6-17)28(31)32/h5-6,8-13,15,24-25H,4,7,14,16H2,1-3H3,(H,31,32). The Morgan fingerprint density at radius 3 is 2.29 bits per heavy atom. The minimum absolute atomic E-state index is 0.0315. The molecule has 176 valence electrons. The number of hydrogen-bond donors (Lipinski definition) is 1. The number of carbonyl (C=O) groups is 1. The zero-order chi connectivity index (χ0) is 24.0. The summed E-state index contributed by atoms with van der Waals surface area (Å²) in [4.78, 5) is 11.1. The lowest BCUT2D eigenvalue weighted by atomic mass is 9.85. The molecule has 0 amide bonds. The number of ether oxygens (including phenoxy) is 2. The summed E-state index contributed by atoms with van der Waals surface area (Å²) in [6.45, 7) is 2.29. The van der Waals surface area contributed by atoms with Gasteiger partial charge in [-0.05, 0) is 95.7 Å². The Hall–Kier alpha value is -3.34. The van der Waals surface area contributed by atoms with Crippen molar-refractivity contribution < 1.29 is 23.8 Å². The van der Waals surface area contributed by atoms with Crippen LogP contribution in [0.25, 0.3) is 0 Å². The maximum Gasteiger partial charge on any atom is 0.335 e. The second kappa shape index (κ2) is 8.46. The first kappa shape index (κ1) is 22.5. The predicted molar refractivity (Wildman–Crippen MR) is 128 cm³/mol. The highest BCUT2D eigenvalue weighted by molar-refractivity contribution is 5.87. The molecule has 3 aromatic carbocycles. The van der Waals surface area contributed by atoms with Gasteiger partial charge in [0.15, 0.2) is 0 Å². The molecule has 0 radical (unpaired) electrons. The van der Waals surface area contributed by atoms with Gasteiger partial charge >= 0.3 is 5.97 Å². The van der Waals surface area contributed by atoms with Crippen LogP contribution < -0.4 is 9.47 Å². The van der Waals surface area contributed by atoms with E-state index in [1.165, 1.54) is 16.7 Å². The van der Waals surface area contributed by atoms with Gasteiger partial charge in [0, 0.05) is 11.5 Å². The molecule has 34 heavy (non-hydrogen) atoms. The van der Waals surface area contributed by atoms with E-state index in [0.29, 0.717) is 11.8 Å². The number of halogens is 1. The zero-order valence-corrected chi connectivity index (χ0v) is 19.7. The van der Waals surface area contributed by atoms with Gasteiger partial charge in [-0.3, -0.25) is 0 Å². The maximum absolute atomic E-state index is 14.8. The largest absolute Gasteiger partial charge is 0.497 e. The second-order valence-corrected chi connectivity index (χ2v) is 9.69. The van der Waals surface area contributed by atoms with E-state index in [-0.39, 0.29) is 16.8 Å². The van der Waals surface area contributed by atoms with Crippen LogP contribution in [0, 0.1) is 17.7 Å². The number of carboxylic acid groups (broad SMARTS) is 1. The summed E-state index contributed by atoms with van der Waals surface area (Å²) in [7, 11) is 3.32. The summed E-state index contributed by atoms with van der Waals surface area (Å²) >= 11 is 0. The number of fused-ring (bicyclic) bond motifs is 3. The molecule has 0 saturated heterocycles. The molecule has 4 nitrogen and oxygen atoms in total. The SMILES string of the molecule is COc1cc(CC2C3Cc4c(F)ccc(CCc5ccc(C(=O)O)cc5)c4C23C)cc(OC)c1.